The van der Waals surface area contributed by atoms with E-state index in [1.807, 2.05) is 43.7 Å². The minimum atomic E-state index is -0.336. The SMILES string of the molecule is CC.CCN(CCF)CCN(C)c1ccccc1F.COCCO. The molecule has 24 heavy (non-hydrogen) atoms. The number of benzene rings is 1. The second kappa shape index (κ2) is 18.1. The van der Waals surface area contributed by atoms with E-state index in [9.17, 15) is 8.78 Å². The van der Waals surface area contributed by atoms with Gasteiger partial charge in [-0.05, 0) is 18.7 Å². The molecule has 1 aromatic rings. The molecule has 0 saturated heterocycles. The Morgan fingerprint density at radius 1 is 1.12 bits per heavy atom. The Labute approximate surface area is 146 Å². The van der Waals surface area contributed by atoms with E-state index in [4.69, 9.17) is 5.11 Å². The van der Waals surface area contributed by atoms with Crippen LogP contribution in [0.3, 0.4) is 0 Å². The van der Waals surface area contributed by atoms with Gasteiger partial charge in [-0.3, -0.25) is 4.90 Å². The van der Waals surface area contributed by atoms with Gasteiger partial charge in [-0.25, -0.2) is 8.78 Å². The van der Waals surface area contributed by atoms with E-state index in [2.05, 4.69) is 4.74 Å². The van der Waals surface area contributed by atoms with Crippen LogP contribution in [0.15, 0.2) is 24.3 Å². The van der Waals surface area contributed by atoms with Gasteiger partial charge in [-0.2, -0.15) is 0 Å². The Morgan fingerprint density at radius 3 is 2.17 bits per heavy atom. The number of aliphatic hydroxyl groups is 1. The summed E-state index contributed by atoms with van der Waals surface area (Å²) < 4.78 is 30.1. The largest absolute Gasteiger partial charge is 0.394 e. The molecule has 4 nitrogen and oxygen atoms in total. The summed E-state index contributed by atoms with van der Waals surface area (Å²) in [6.07, 6.45) is 0. The summed E-state index contributed by atoms with van der Waals surface area (Å²) in [5.74, 6) is -0.219. The highest BCUT2D eigenvalue weighted by molar-refractivity contribution is 5.46. The lowest BCUT2D eigenvalue weighted by atomic mass is 10.3. The number of halogens is 2. The van der Waals surface area contributed by atoms with Crippen LogP contribution in [0.1, 0.15) is 20.8 Å². The zero-order valence-corrected chi connectivity index (χ0v) is 15.8. The molecule has 0 atom stereocenters. The molecular weight excluding hydrogens is 314 g/mol. The average Bonchev–Trinajstić information content (AvgIpc) is 2.61. The van der Waals surface area contributed by atoms with Crippen LogP contribution in [0.4, 0.5) is 14.5 Å². The molecule has 0 aliphatic carbocycles. The van der Waals surface area contributed by atoms with Crippen molar-refractivity contribution in [2.45, 2.75) is 20.8 Å². The molecule has 0 heterocycles. The molecule has 0 unspecified atom stereocenters. The molecule has 0 radical (unpaired) electrons. The van der Waals surface area contributed by atoms with Gasteiger partial charge in [0.05, 0.1) is 18.9 Å². The lowest BCUT2D eigenvalue weighted by Gasteiger charge is -2.25. The monoisotopic (exact) mass is 348 g/mol. The number of nitrogens with zero attached hydrogens (tertiary/aromatic N) is 2. The predicted molar refractivity (Wildman–Crippen MR) is 98.1 cm³/mol. The molecular formula is C18H34F2N2O2. The van der Waals surface area contributed by atoms with Crippen molar-refractivity contribution in [3.8, 4) is 0 Å². The molecule has 1 aromatic carbocycles. The van der Waals surface area contributed by atoms with Crippen LogP contribution < -0.4 is 4.90 Å². The zero-order valence-electron chi connectivity index (χ0n) is 15.8. The van der Waals surface area contributed by atoms with Crippen LogP contribution in [0.2, 0.25) is 0 Å². The van der Waals surface area contributed by atoms with Crippen LogP contribution >= 0.6 is 0 Å². The minimum absolute atomic E-state index is 0.122. The number of alkyl halides is 1. The summed E-state index contributed by atoms with van der Waals surface area (Å²) in [5.41, 5.74) is 0.587. The van der Waals surface area contributed by atoms with Crippen LogP contribution in [0, 0.1) is 5.82 Å². The first kappa shape index (κ1) is 25.0. The standard InChI is InChI=1S/C13H20F2N2.C3H8O2.C2H6/c1-3-17(9-8-14)11-10-16(2)13-7-5-4-6-12(13)15;1-5-3-2-4;1-2/h4-7H,3,8-11H2,1-2H3;4H,2-3H2,1H3;1-2H3. The molecule has 0 fully saturated rings. The Kier molecular flexibility index (Phi) is 18.9. The highest BCUT2D eigenvalue weighted by Crippen LogP contribution is 2.16. The van der Waals surface area contributed by atoms with Gasteiger partial charge < -0.3 is 14.7 Å². The van der Waals surface area contributed by atoms with Gasteiger partial charge in [0.2, 0.25) is 0 Å². The van der Waals surface area contributed by atoms with Gasteiger partial charge in [0.1, 0.15) is 12.5 Å². The van der Waals surface area contributed by atoms with Crippen LogP contribution in [-0.4, -0.2) is 70.2 Å². The van der Waals surface area contributed by atoms with E-state index >= 15 is 0 Å². The second-order valence-electron chi connectivity index (χ2n) is 4.71. The van der Waals surface area contributed by atoms with Gasteiger partial charge in [-0.15, -0.1) is 0 Å². The van der Waals surface area contributed by atoms with Crippen molar-refractivity contribution in [1.29, 1.82) is 0 Å². The summed E-state index contributed by atoms with van der Waals surface area (Å²) in [7, 11) is 3.40. The fourth-order valence-corrected chi connectivity index (χ4v) is 1.81. The van der Waals surface area contributed by atoms with Crippen molar-refractivity contribution in [3.63, 3.8) is 0 Å². The Hall–Kier alpha value is -1.24. The Morgan fingerprint density at radius 2 is 1.75 bits per heavy atom. The van der Waals surface area contributed by atoms with E-state index in [0.29, 0.717) is 25.4 Å². The molecule has 142 valence electrons. The number of rotatable bonds is 9. The Balaban J connectivity index is 0. The van der Waals surface area contributed by atoms with Gasteiger partial charge in [0.15, 0.2) is 0 Å². The first-order chi connectivity index (χ1) is 11.6. The number of ether oxygens (including phenoxy) is 1. The highest BCUT2D eigenvalue weighted by atomic mass is 19.1. The number of likely N-dealkylation sites (N-methyl/N-ethyl adjacent to an activating group) is 2. The normalized spacial score (nSPS) is 9.71. The molecule has 0 aromatic heterocycles. The van der Waals surface area contributed by atoms with E-state index in [1.165, 1.54) is 6.07 Å². The maximum Gasteiger partial charge on any atom is 0.146 e. The molecule has 0 spiro atoms. The minimum Gasteiger partial charge on any atom is -0.394 e. The zero-order chi connectivity index (χ0) is 18.8. The smallest absolute Gasteiger partial charge is 0.146 e. The van der Waals surface area contributed by atoms with E-state index in [1.54, 1.807) is 19.2 Å². The number of anilines is 1. The highest BCUT2D eigenvalue weighted by Gasteiger charge is 2.08. The molecule has 6 heteroatoms. The molecule has 0 saturated carbocycles. The van der Waals surface area contributed by atoms with E-state index in [0.717, 1.165) is 13.1 Å². The first-order valence-electron chi connectivity index (χ1n) is 8.44. The quantitative estimate of drug-likeness (QED) is 0.743. The van der Waals surface area contributed by atoms with Gasteiger partial charge in [0, 0.05) is 33.8 Å². The number of para-hydroxylation sites is 1. The summed E-state index contributed by atoms with van der Waals surface area (Å²) >= 11 is 0. The number of aliphatic hydroxyl groups excluding tert-OH is 1. The third-order valence-electron chi connectivity index (χ3n) is 3.16. The van der Waals surface area contributed by atoms with Crippen molar-refractivity contribution in [2.75, 3.05) is 65.1 Å². The van der Waals surface area contributed by atoms with Crippen molar-refractivity contribution >= 4 is 5.69 Å². The molecule has 0 aliphatic heterocycles. The Bertz CT molecular complexity index is 380. The number of hydrogen-bond donors (Lipinski definition) is 1. The molecule has 1 rings (SSSR count). The summed E-state index contributed by atoms with van der Waals surface area (Å²) in [6.45, 7) is 8.92. The predicted octanol–water partition coefficient (Wildman–Crippen LogP) is 3.20. The topological polar surface area (TPSA) is 35.9 Å². The fraction of sp³-hybridized carbons (Fsp3) is 0.667. The fourth-order valence-electron chi connectivity index (χ4n) is 1.81. The van der Waals surface area contributed by atoms with Crippen LogP contribution in [-0.2, 0) is 4.74 Å². The van der Waals surface area contributed by atoms with Gasteiger partial charge in [-0.1, -0.05) is 32.9 Å². The van der Waals surface area contributed by atoms with Crippen molar-refractivity contribution < 1.29 is 18.6 Å². The van der Waals surface area contributed by atoms with Crippen LogP contribution in [0.5, 0.6) is 0 Å². The van der Waals surface area contributed by atoms with Crippen LogP contribution in [0.25, 0.3) is 0 Å². The molecule has 0 bridgehead atoms. The molecule has 1 N–H and O–H groups in total. The van der Waals surface area contributed by atoms with E-state index < -0.39 is 0 Å². The van der Waals surface area contributed by atoms with Crippen molar-refractivity contribution in [2.24, 2.45) is 0 Å². The van der Waals surface area contributed by atoms with Crippen molar-refractivity contribution in [3.05, 3.63) is 30.1 Å². The third kappa shape index (κ3) is 12.2. The summed E-state index contributed by atoms with van der Waals surface area (Å²) in [4.78, 5) is 3.87. The summed E-state index contributed by atoms with van der Waals surface area (Å²) in [5, 5.41) is 7.94. The maximum atomic E-state index is 13.5. The lowest BCUT2D eigenvalue weighted by molar-refractivity contribution is 0.135. The number of methoxy groups -OCH3 is 1. The molecule has 0 aliphatic rings. The van der Waals surface area contributed by atoms with Gasteiger partial charge >= 0.3 is 0 Å². The van der Waals surface area contributed by atoms with E-state index in [-0.39, 0.29) is 19.1 Å². The molecule has 0 amide bonds. The third-order valence-corrected chi connectivity index (χ3v) is 3.16. The van der Waals surface area contributed by atoms with Crippen molar-refractivity contribution in [1.82, 2.24) is 4.90 Å². The maximum absolute atomic E-state index is 13.5. The first-order valence-corrected chi connectivity index (χ1v) is 8.44. The lowest BCUT2D eigenvalue weighted by Crippen LogP contribution is -2.34. The number of hydrogen-bond acceptors (Lipinski definition) is 4. The van der Waals surface area contributed by atoms with Gasteiger partial charge in [0.25, 0.3) is 0 Å². The average molecular weight is 348 g/mol. The summed E-state index contributed by atoms with van der Waals surface area (Å²) in [6, 6.07) is 6.69. The second-order valence-corrected chi connectivity index (χ2v) is 4.71.